The Balaban J connectivity index is 1.25. The third kappa shape index (κ3) is 5.90. The SMILES string of the molecule is CN(C)C(=O)CCCCCCCCCC[C@@H]1CC2=CC(=O)CC[C@]2(C)[C@H]2CC[C@]3(C)CCC[C@H]3[C@H]12. The van der Waals surface area contributed by atoms with Crippen LogP contribution in [0.4, 0.5) is 0 Å². The van der Waals surface area contributed by atoms with E-state index in [9.17, 15) is 9.59 Å². The van der Waals surface area contributed by atoms with Crippen LogP contribution in [0.25, 0.3) is 0 Å². The predicted molar refractivity (Wildman–Crippen MR) is 145 cm³/mol. The molecule has 0 aromatic heterocycles. The smallest absolute Gasteiger partial charge is 0.222 e. The van der Waals surface area contributed by atoms with E-state index in [1.807, 2.05) is 14.1 Å². The molecule has 0 aliphatic heterocycles. The Kier molecular flexibility index (Phi) is 8.86. The van der Waals surface area contributed by atoms with Crippen LogP contribution >= 0.6 is 0 Å². The zero-order chi connectivity index (χ0) is 25.1. The maximum Gasteiger partial charge on any atom is 0.222 e. The van der Waals surface area contributed by atoms with Gasteiger partial charge in [0.2, 0.25) is 5.91 Å². The average Bonchev–Trinajstić information content (AvgIpc) is 3.22. The van der Waals surface area contributed by atoms with Crippen LogP contribution in [-0.2, 0) is 9.59 Å². The van der Waals surface area contributed by atoms with Gasteiger partial charge in [-0.15, -0.1) is 0 Å². The highest BCUT2D eigenvalue weighted by Crippen LogP contribution is 2.67. The lowest BCUT2D eigenvalue weighted by Gasteiger charge is -2.60. The summed E-state index contributed by atoms with van der Waals surface area (Å²) in [4.78, 5) is 25.7. The fraction of sp³-hybridized carbons (Fsp3) is 0.875. The minimum atomic E-state index is 0.263. The quantitative estimate of drug-likeness (QED) is 0.278. The van der Waals surface area contributed by atoms with E-state index in [2.05, 4.69) is 19.9 Å². The zero-order valence-electron chi connectivity index (χ0n) is 23.4. The van der Waals surface area contributed by atoms with Crippen molar-refractivity contribution in [3.05, 3.63) is 11.6 Å². The van der Waals surface area contributed by atoms with Gasteiger partial charge in [-0.1, -0.05) is 70.8 Å². The van der Waals surface area contributed by atoms with E-state index >= 15 is 0 Å². The molecule has 3 nitrogen and oxygen atoms in total. The number of carbonyl (C=O) groups excluding carboxylic acids is 2. The van der Waals surface area contributed by atoms with Gasteiger partial charge in [0.05, 0.1) is 0 Å². The van der Waals surface area contributed by atoms with Crippen LogP contribution in [-0.4, -0.2) is 30.7 Å². The molecular formula is C32H53NO2. The maximum absolute atomic E-state index is 12.4. The molecule has 0 aromatic carbocycles. The van der Waals surface area contributed by atoms with Crippen LogP contribution < -0.4 is 0 Å². The molecule has 0 N–H and O–H groups in total. The number of amides is 1. The highest BCUT2D eigenvalue weighted by molar-refractivity contribution is 5.91. The van der Waals surface area contributed by atoms with Gasteiger partial charge in [-0.3, -0.25) is 9.59 Å². The molecule has 6 atom stereocenters. The largest absolute Gasteiger partial charge is 0.349 e. The molecule has 0 radical (unpaired) electrons. The molecule has 4 rings (SSSR count). The van der Waals surface area contributed by atoms with Crippen LogP contribution in [0.5, 0.6) is 0 Å². The van der Waals surface area contributed by atoms with Crippen molar-refractivity contribution < 1.29 is 9.59 Å². The maximum atomic E-state index is 12.4. The predicted octanol–water partition coefficient (Wildman–Crippen LogP) is 8.12. The van der Waals surface area contributed by atoms with Crippen molar-refractivity contribution >= 4 is 11.7 Å². The van der Waals surface area contributed by atoms with Crippen LogP contribution in [0.2, 0.25) is 0 Å². The van der Waals surface area contributed by atoms with E-state index in [1.54, 1.807) is 4.90 Å². The Hall–Kier alpha value is -1.12. The first kappa shape index (κ1) is 26.9. The fourth-order valence-corrected chi connectivity index (χ4v) is 8.96. The lowest BCUT2D eigenvalue weighted by molar-refractivity contribution is -0.128. The van der Waals surface area contributed by atoms with Crippen LogP contribution in [0.1, 0.15) is 129 Å². The van der Waals surface area contributed by atoms with Crippen molar-refractivity contribution in [2.75, 3.05) is 14.1 Å². The van der Waals surface area contributed by atoms with Gasteiger partial charge < -0.3 is 4.90 Å². The Morgan fingerprint density at radius 1 is 0.914 bits per heavy atom. The second-order valence-corrected chi connectivity index (χ2v) is 13.5. The summed E-state index contributed by atoms with van der Waals surface area (Å²) in [6, 6.07) is 0. The van der Waals surface area contributed by atoms with Gasteiger partial charge >= 0.3 is 0 Å². The molecule has 4 aliphatic carbocycles. The van der Waals surface area contributed by atoms with Crippen molar-refractivity contribution in [2.24, 2.45) is 34.5 Å². The molecule has 1 amide bonds. The molecule has 198 valence electrons. The fourth-order valence-electron chi connectivity index (χ4n) is 8.96. The number of rotatable bonds is 11. The van der Waals surface area contributed by atoms with E-state index < -0.39 is 0 Å². The number of unbranched alkanes of at least 4 members (excludes halogenated alkanes) is 7. The highest BCUT2D eigenvalue weighted by Gasteiger charge is 2.58. The topological polar surface area (TPSA) is 37.4 Å². The highest BCUT2D eigenvalue weighted by atomic mass is 16.2. The van der Waals surface area contributed by atoms with Gasteiger partial charge in [-0.25, -0.2) is 0 Å². The molecular weight excluding hydrogens is 430 g/mol. The van der Waals surface area contributed by atoms with E-state index in [1.165, 1.54) is 95.5 Å². The van der Waals surface area contributed by atoms with Crippen LogP contribution in [0, 0.1) is 34.5 Å². The first-order valence-electron chi connectivity index (χ1n) is 15.2. The molecule has 3 saturated carbocycles. The monoisotopic (exact) mass is 483 g/mol. The summed E-state index contributed by atoms with van der Waals surface area (Å²) in [7, 11) is 3.70. The van der Waals surface area contributed by atoms with Gasteiger partial charge in [0, 0.05) is 26.9 Å². The molecule has 3 fully saturated rings. The summed E-state index contributed by atoms with van der Waals surface area (Å²) < 4.78 is 0. The van der Waals surface area contributed by atoms with Crippen molar-refractivity contribution in [2.45, 2.75) is 129 Å². The Labute approximate surface area is 215 Å². The standard InChI is InChI=1S/C32H53NO2/c1-31-19-13-15-27(31)30-24(14-11-9-7-5-6-8-10-12-16-29(35)33(3)4)22-25-23-26(34)17-21-32(25,2)28(30)18-20-31/h23-24,27-28,30H,5-22H2,1-4H3/t24-,27+,28+,30+,31+,32+/m1/s1. The van der Waals surface area contributed by atoms with Crippen LogP contribution in [0.15, 0.2) is 11.6 Å². The second-order valence-electron chi connectivity index (χ2n) is 13.5. The minimum absolute atomic E-state index is 0.263. The molecule has 0 saturated heterocycles. The third-order valence-electron chi connectivity index (χ3n) is 11.1. The molecule has 0 bridgehead atoms. The first-order valence-corrected chi connectivity index (χ1v) is 15.2. The summed E-state index contributed by atoms with van der Waals surface area (Å²) >= 11 is 0. The number of hydrogen-bond acceptors (Lipinski definition) is 2. The number of fused-ring (bicyclic) bond motifs is 5. The molecule has 0 aromatic rings. The van der Waals surface area contributed by atoms with Gasteiger partial charge in [-0.2, -0.15) is 0 Å². The van der Waals surface area contributed by atoms with Gasteiger partial charge in [-0.05, 0) is 91.9 Å². The van der Waals surface area contributed by atoms with E-state index in [-0.39, 0.29) is 5.91 Å². The third-order valence-corrected chi connectivity index (χ3v) is 11.1. The second kappa shape index (κ2) is 11.5. The lowest BCUT2D eigenvalue weighted by atomic mass is 9.45. The number of hydrogen-bond donors (Lipinski definition) is 0. The molecule has 3 heteroatoms. The zero-order valence-corrected chi connectivity index (χ0v) is 23.4. The molecule has 0 spiro atoms. The molecule has 0 heterocycles. The Morgan fingerprint density at radius 3 is 2.31 bits per heavy atom. The van der Waals surface area contributed by atoms with E-state index in [0.29, 0.717) is 23.0 Å². The van der Waals surface area contributed by atoms with Gasteiger partial charge in [0.25, 0.3) is 0 Å². The van der Waals surface area contributed by atoms with Crippen molar-refractivity contribution in [1.29, 1.82) is 0 Å². The summed E-state index contributed by atoms with van der Waals surface area (Å²) in [6.07, 6.45) is 24.7. The van der Waals surface area contributed by atoms with Gasteiger partial charge in [0.1, 0.15) is 0 Å². The summed E-state index contributed by atoms with van der Waals surface area (Å²) in [5.74, 6) is 4.11. The van der Waals surface area contributed by atoms with Gasteiger partial charge in [0.15, 0.2) is 5.78 Å². The normalized spacial score (nSPS) is 36.2. The van der Waals surface area contributed by atoms with Crippen molar-refractivity contribution in [1.82, 2.24) is 4.90 Å². The lowest BCUT2D eigenvalue weighted by Crippen LogP contribution is -2.52. The number of nitrogens with zero attached hydrogens (tertiary/aromatic N) is 1. The molecule has 4 aliphatic rings. The summed E-state index contributed by atoms with van der Waals surface area (Å²) in [6.45, 7) is 5.15. The molecule has 0 unspecified atom stereocenters. The number of carbonyl (C=O) groups is 2. The van der Waals surface area contributed by atoms with Crippen molar-refractivity contribution in [3.63, 3.8) is 0 Å². The number of ketones is 1. The van der Waals surface area contributed by atoms with E-state index in [0.717, 1.165) is 42.9 Å². The van der Waals surface area contributed by atoms with Crippen LogP contribution in [0.3, 0.4) is 0 Å². The first-order chi connectivity index (χ1) is 16.7. The average molecular weight is 484 g/mol. The summed E-state index contributed by atoms with van der Waals surface area (Å²) in [5.41, 5.74) is 2.43. The Morgan fingerprint density at radius 2 is 1.60 bits per heavy atom. The Bertz CT molecular complexity index is 784. The summed E-state index contributed by atoms with van der Waals surface area (Å²) in [5, 5.41) is 0. The number of allylic oxidation sites excluding steroid dienone is 1. The molecule has 35 heavy (non-hydrogen) atoms. The van der Waals surface area contributed by atoms with E-state index in [4.69, 9.17) is 0 Å². The van der Waals surface area contributed by atoms with Crippen molar-refractivity contribution in [3.8, 4) is 0 Å². The minimum Gasteiger partial charge on any atom is -0.349 e.